The molecule has 2 aliphatic heterocycles. The molecule has 1 unspecified atom stereocenters. The number of aliphatic hydroxyl groups is 1. The van der Waals surface area contributed by atoms with Crippen molar-refractivity contribution in [2.75, 3.05) is 33.5 Å². The van der Waals surface area contributed by atoms with Crippen LogP contribution in [0.25, 0.3) is 0 Å². The van der Waals surface area contributed by atoms with Gasteiger partial charge in [-0.25, -0.2) is 0 Å². The lowest BCUT2D eigenvalue weighted by molar-refractivity contribution is -0.769. The summed E-state index contributed by atoms with van der Waals surface area (Å²) in [6.45, 7) is 0.836. The van der Waals surface area contributed by atoms with Gasteiger partial charge in [-0.05, 0) is 24.3 Å². The summed E-state index contributed by atoms with van der Waals surface area (Å²) in [4.78, 5) is 15.0. The van der Waals surface area contributed by atoms with E-state index in [0.717, 1.165) is 5.75 Å². The summed E-state index contributed by atoms with van der Waals surface area (Å²) < 4.78 is 21.7. The Balaban J connectivity index is 0.00000261. The average molecular weight is 407 g/mol. The largest absolute Gasteiger partial charge is 0.497 e. The lowest BCUT2D eigenvalue weighted by atomic mass is 10.1. The number of aliphatic hydroxyl groups excluding tert-OH is 1. The van der Waals surface area contributed by atoms with Crippen molar-refractivity contribution in [3.8, 4) is 11.5 Å². The van der Waals surface area contributed by atoms with Crippen LogP contribution in [-0.2, 0) is 14.3 Å². The van der Waals surface area contributed by atoms with Crippen molar-refractivity contribution in [3.05, 3.63) is 34.4 Å². The molecule has 0 bridgehead atoms. The number of methoxy groups -OCH3 is 1. The van der Waals surface area contributed by atoms with Crippen molar-refractivity contribution in [1.82, 2.24) is 5.32 Å². The first-order valence-electron chi connectivity index (χ1n) is 8.29. The highest BCUT2D eigenvalue weighted by atomic mass is 35.5. The van der Waals surface area contributed by atoms with Gasteiger partial charge >= 0.3 is 0 Å². The molecule has 0 aromatic heterocycles. The summed E-state index contributed by atoms with van der Waals surface area (Å²) in [6.07, 6.45) is -2.27. The van der Waals surface area contributed by atoms with Crippen LogP contribution in [0.2, 0.25) is 0 Å². The van der Waals surface area contributed by atoms with Gasteiger partial charge in [-0.2, -0.15) is 0 Å². The van der Waals surface area contributed by atoms with Gasteiger partial charge < -0.3 is 34.2 Å². The minimum absolute atomic E-state index is 0. The van der Waals surface area contributed by atoms with Crippen molar-refractivity contribution in [2.45, 2.75) is 30.5 Å². The molecule has 0 saturated carbocycles. The number of rotatable bonds is 9. The summed E-state index contributed by atoms with van der Waals surface area (Å²) >= 11 is 0. The number of ether oxygens (including phenoxy) is 4. The van der Waals surface area contributed by atoms with E-state index in [1.54, 1.807) is 31.4 Å². The van der Waals surface area contributed by atoms with Crippen LogP contribution in [-0.4, -0.2) is 74.1 Å². The van der Waals surface area contributed by atoms with Crippen LogP contribution in [0.4, 0.5) is 0 Å². The highest BCUT2D eigenvalue weighted by Crippen LogP contribution is 2.28. The van der Waals surface area contributed by atoms with Crippen LogP contribution in [0.1, 0.15) is 0 Å². The van der Waals surface area contributed by atoms with E-state index >= 15 is 0 Å². The summed E-state index contributed by atoms with van der Waals surface area (Å²) in [6, 6.07) is 6.90. The highest BCUT2D eigenvalue weighted by molar-refractivity contribution is 5.85. The van der Waals surface area contributed by atoms with Crippen molar-refractivity contribution >= 4 is 12.4 Å². The third-order valence-corrected chi connectivity index (χ3v) is 4.35. The fraction of sp³-hybridized carbons (Fsp3) is 0.625. The Morgan fingerprint density at radius 3 is 2.59 bits per heavy atom. The maximum atomic E-state index is 10.5. The predicted octanol–water partition coefficient (Wildman–Crippen LogP) is 0.189. The van der Waals surface area contributed by atoms with Crippen molar-refractivity contribution < 1.29 is 34.0 Å². The Hall–Kier alpha value is -1.85. The van der Waals surface area contributed by atoms with Gasteiger partial charge in [-0.1, -0.05) is 0 Å². The van der Waals surface area contributed by atoms with Gasteiger partial charge in [0.1, 0.15) is 36.4 Å². The van der Waals surface area contributed by atoms with Crippen LogP contribution < -0.4 is 14.8 Å². The summed E-state index contributed by atoms with van der Waals surface area (Å²) in [7, 11) is 1.59. The van der Waals surface area contributed by atoms with Crippen LogP contribution >= 0.6 is 12.4 Å². The molecule has 152 valence electrons. The molecular weight excluding hydrogens is 384 g/mol. The SMILES string of the molecule is COc1ccc(OCC(O)CN[C@H]2CO[C@H]3[C@@H]2OC[C@@H]3O[N+](=O)[O-])cc1.Cl. The first-order valence-corrected chi connectivity index (χ1v) is 8.29. The lowest BCUT2D eigenvalue weighted by Gasteiger charge is -2.20. The predicted molar refractivity (Wildman–Crippen MR) is 94.9 cm³/mol. The van der Waals surface area contributed by atoms with E-state index in [0.29, 0.717) is 12.4 Å². The number of halogens is 1. The minimum atomic E-state index is -0.833. The molecule has 0 aliphatic carbocycles. The second-order valence-corrected chi connectivity index (χ2v) is 6.12. The molecule has 2 fully saturated rings. The molecule has 3 rings (SSSR count). The second kappa shape index (κ2) is 9.90. The molecule has 2 heterocycles. The van der Waals surface area contributed by atoms with Gasteiger partial charge in [0.05, 0.1) is 26.4 Å². The Morgan fingerprint density at radius 2 is 1.93 bits per heavy atom. The molecule has 0 amide bonds. The number of hydrogen-bond acceptors (Lipinski definition) is 9. The van der Waals surface area contributed by atoms with Crippen LogP contribution in [0.15, 0.2) is 24.3 Å². The van der Waals surface area contributed by atoms with Crippen molar-refractivity contribution in [1.29, 1.82) is 0 Å². The first-order chi connectivity index (χ1) is 12.6. The van der Waals surface area contributed by atoms with Crippen LogP contribution in [0.5, 0.6) is 11.5 Å². The molecule has 27 heavy (non-hydrogen) atoms. The summed E-state index contributed by atoms with van der Waals surface area (Å²) in [5.74, 6) is 1.36. The molecule has 2 saturated heterocycles. The highest BCUT2D eigenvalue weighted by Gasteiger charge is 2.49. The Labute approximate surface area is 162 Å². The zero-order valence-electron chi connectivity index (χ0n) is 14.7. The molecular formula is C16H23ClN2O8. The third-order valence-electron chi connectivity index (χ3n) is 4.35. The van der Waals surface area contributed by atoms with Gasteiger partial charge in [0.25, 0.3) is 5.09 Å². The summed E-state index contributed by atoms with van der Waals surface area (Å²) in [5, 5.41) is 22.9. The minimum Gasteiger partial charge on any atom is -0.497 e. The molecule has 10 nitrogen and oxygen atoms in total. The average Bonchev–Trinajstić information content (AvgIpc) is 3.21. The molecule has 2 N–H and O–H groups in total. The number of nitrogens with one attached hydrogen (secondary N) is 1. The second-order valence-electron chi connectivity index (χ2n) is 6.12. The Kier molecular flexibility index (Phi) is 7.87. The number of hydrogen-bond donors (Lipinski definition) is 2. The molecule has 1 aromatic rings. The fourth-order valence-corrected chi connectivity index (χ4v) is 3.05. The smallest absolute Gasteiger partial charge is 0.294 e. The number of fused-ring (bicyclic) bond motifs is 1. The van der Waals surface area contributed by atoms with E-state index in [4.69, 9.17) is 18.9 Å². The lowest BCUT2D eigenvalue weighted by Crippen LogP contribution is -2.45. The van der Waals surface area contributed by atoms with Gasteiger partial charge in [-0.15, -0.1) is 22.5 Å². The maximum absolute atomic E-state index is 10.5. The zero-order chi connectivity index (χ0) is 18.5. The van der Waals surface area contributed by atoms with Gasteiger partial charge in [0, 0.05) is 6.54 Å². The van der Waals surface area contributed by atoms with E-state index in [9.17, 15) is 15.2 Å². The first kappa shape index (κ1) is 21.5. The molecule has 2 aliphatic rings. The monoisotopic (exact) mass is 406 g/mol. The Bertz CT molecular complexity index is 605. The van der Waals surface area contributed by atoms with E-state index in [1.807, 2.05) is 0 Å². The number of nitrogens with zero attached hydrogens (tertiary/aromatic N) is 1. The number of benzene rings is 1. The quantitative estimate of drug-likeness (QED) is 0.437. The fourth-order valence-electron chi connectivity index (χ4n) is 3.05. The van der Waals surface area contributed by atoms with E-state index in [1.165, 1.54) is 0 Å². The molecule has 0 radical (unpaired) electrons. The standard InChI is InChI=1S/C16H22N2O8.ClH/c1-22-11-2-4-12(5-3-11)23-7-10(19)6-17-13-8-24-16-14(26-18(20)21)9-25-15(13)16;/h2-5,10,13-17,19H,6-9H2,1H3;1H/t10?,13-,14-,15+,16+;/m0./s1. The molecule has 0 spiro atoms. The molecule has 1 aromatic carbocycles. The van der Waals surface area contributed by atoms with Crippen molar-refractivity contribution in [3.63, 3.8) is 0 Å². The van der Waals surface area contributed by atoms with E-state index < -0.39 is 23.4 Å². The zero-order valence-corrected chi connectivity index (χ0v) is 15.5. The topological polar surface area (TPSA) is 122 Å². The Morgan fingerprint density at radius 1 is 1.26 bits per heavy atom. The third kappa shape index (κ3) is 5.56. The normalized spacial score (nSPS) is 27.3. The summed E-state index contributed by atoms with van der Waals surface area (Å²) in [5.41, 5.74) is 0. The van der Waals surface area contributed by atoms with Crippen LogP contribution in [0.3, 0.4) is 0 Å². The van der Waals surface area contributed by atoms with Gasteiger partial charge in [-0.3, -0.25) is 0 Å². The molecule has 11 heteroatoms. The maximum Gasteiger partial charge on any atom is 0.294 e. The van der Waals surface area contributed by atoms with Gasteiger partial charge in [0.15, 0.2) is 6.10 Å². The van der Waals surface area contributed by atoms with E-state index in [2.05, 4.69) is 10.2 Å². The van der Waals surface area contributed by atoms with Crippen LogP contribution in [0, 0.1) is 10.1 Å². The van der Waals surface area contributed by atoms with Crippen molar-refractivity contribution in [2.24, 2.45) is 0 Å². The van der Waals surface area contributed by atoms with Gasteiger partial charge in [0.2, 0.25) is 0 Å². The molecule has 5 atom stereocenters. The van der Waals surface area contributed by atoms with E-state index in [-0.39, 0.29) is 44.3 Å².